The van der Waals surface area contributed by atoms with Crippen LogP contribution in [0.25, 0.3) is 101 Å². The van der Waals surface area contributed by atoms with Crippen LogP contribution in [0, 0.1) is 26.2 Å². The zero-order valence-electron chi connectivity index (χ0n) is 77.1. The maximum absolute atomic E-state index is 13.4. The Hall–Kier alpha value is -16.7. The molecule has 0 aliphatic carbocycles. The Bertz CT molecular complexity index is 7650. The zero-order chi connectivity index (χ0) is 98.6. The first kappa shape index (κ1) is 96.9. The zero-order valence-corrected chi connectivity index (χ0v) is 79.5. The summed E-state index contributed by atoms with van der Waals surface area (Å²) in [5.41, 5.74) is 19.1. The number of anilines is 4. The number of ketones is 2. The number of oxazole rings is 4. The number of rotatable bonds is 25. The van der Waals surface area contributed by atoms with E-state index in [9.17, 15) is 32.8 Å². The molecule has 21 rings (SSSR count). The number of halogens is 3. The van der Waals surface area contributed by atoms with Crippen molar-refractivity contribution in [2.24, 2.45) is 0 Å². The largest absolute Gasteiger partial charge is 0.495 e. The number of alkyl halides is 2. The topological polar surface area (TPSA) is 332 Å². The number of methoxy groups -OCH3 is 1. The highest BCUT2D eigenvalue weighted by Crippen LogP contribution is 2.38. The number of carbonyl (C=O) groups excluding carboxylic acids is 4. The molecule has 0 radical (unpaired) electrons. The van der Waals surface area contributed by atoms with E-state index in [1.807, 2.05) is 184 Å². The number of thiazole rings is 1. The second-order valence-corrected chi connectivity index (χ2v) is 35.4. The van der Waals surface area contributed by atoms with E-state index < -0.39 is 11.9 Å². The number of pyridine rings is 4. The van der Waals surface area contributed by atoms with Gasteiger partial charge in [0.05, 0.1) is 36.6 Å². The van der Waals surface area contributed by atoms with Gasteiger partial charge in [0.1, 0.15) is 16.5 Å². The number of morpholine rings is 1. The van der Waals surface area contributed by atoms with Crippen molar-refractivity contribution in [2.75, 3.05) is 73.5 Å². The highest BCUT2D eigenvalue weighted by molar-refractivity contribution is 7.98. The van der Waals surface area contributed by atoms with Gasteiger partial charge in [0, 0.05) is 165 Å². The minimum absolute atomic E-state index is 0.0125. The van der Waals surface area contributed by atoms with Crippen molar-refractivity contribution in [3.05, 3.63) is 370 Å². The third kappa shape index (κ3) is 24.7. The molecule has 2 fully saturated rings. The lowest BCUT2D eigenvalue weighted by atomic mass is 10.00. The van der Waals surface area contributed by atoms with Gasteiger partial charge in [0.2, 0.25) is 23.6 Å². The van der Waals surface area contributed by atoms with E-state index in [-0.39, 0.29) is 42.0 Å². The molecule has 0 spiro atoms. The van der Waals surface area contributed by atoms with E-state index in [0.29, 0.717) is 138 Å². The van der Waals surface area contributed by atoms with Crippen LogP contribution in [0.4, 0.5) is 31.5 Å². The monoisotopic (exact) mass is 1950 g/mol. The molecule has 2 aliphatic rings. The molecule has 11 heterocycles. The molecule has 0 saturated carbocycles. The number of nitrogens with one attached hydrogen (secondary N) is 2. The van der Waals surface area contributed by atoms with Crippen LogP contribution < -0.4 is 29.9 Å². The molecular weight excluding hydrogens is 1860 g/mol. The molecule has 31 heteroatoms. The SMILES string of the molecule is C#Cc1cccc(C(=O)Cc2cccc(-c3nc4ncccc4o3)c2)c1.COc1ccc(C(=O)Nc2ccc(-c3nc4ncccc4o3)cc2)cc1Cl.Cc1cc(SCc2sc(-c3ccc(C(C)(F)F)cc3)nc2C)ccc1OCC(=O)O.O=C(Cc1cccc(-c2nc3ncccc3o2)c1)c1ccc(N2CCCC2)cc1.O=C(Nc1ccc(-c2nc3ncccc3o2)cc1)c1ccccc1N1CCOCC1. The van der Waals surface area contributed by atoms with Gasteiger partial charge in [-0.15, -0.1) is 29.5 Å². The normalized spacial score (nSPS) is 12.2. The average molecular weight is 1950 g/mol. The lowest BCUT2D eigenvalue weighted by Gasteiger charge is -2.30. The molecule has 2 amide bonds. The molecule has 26 nitrogen and oxygen atoms in total. The fourth-order valence-electron chi connectivity index (χ4n) is 15.5. The molecule has 710 valence electrons. The van der Waals surface area contributed by atoms with E-state index in [0.717, 1.165) is 115 Å². The summed E-state index contributed by atoms with van der Waals surface area (Å²) in [4.78, 5) is 107. The molecule has 0 unspecified atom stereocenters. The summed E-state index contributed by atoms with van der Waals surface area (Å²) in [7, 11) is 1.52. The summed E-state index contributed by atoms with van der Waals surface area (Å²) < 4.78 is 65.6. The van der Waals surface area contributed by atoms with Gasteiger partial charge in [-0.2, -0.15) is 19.9 Å². The number of carboxylic acids is 1. The maximum atomic E-state index is 13.4. The van der Waals surface area contributed by atoms with Crippen LogP contribution in [0.1, 0.15) is 99.6 Å². The molecule has 19 aromatic rings. The third-order valence-electron chi connectivity index (χ3n) is 22.8. The first-order chi connectivity index (χ1) is 69.0. The standard InChI is InChI=1S/C24H21N3O2.C23H20N4O3.C22H21F2NO3S2.C22H14N2O2.C20H14ClN3O3/c28-21(18-8-10-20(11-9-18)27-13-1-2-14-27)16-17-5-3-6-19(15-17)24-26-23-22(29-24)7-4-12-25-23;28-22(18-4-1-2-5-19(18)27-12-14-29-15-13-27)25-17-9-7-16(8-10-17)23-26-21-20(30-23)6-3-11-24-21;1-13-10-17(8-9-18(13)28-11-20(26)27)29-12-19-14(2)25-21(30-19)15-4-6-16(7-5-15)22(3,23)24;1-2-15-6-3-8-17(12-15)19(25)14-16-7-4-9-18(13-16)22-24-21-20(26-22)10-5-11-23-21;1-26-16-9-6-13(11-15(16)21)19(25)23-14-7-4-12(5-8-14)20-24-18-17(27-20)3-2-10-22-18/h3-12,15H,1-2,13-14,16H2;1-11H,12-15H2,(H,25,28);4-10H,11-12H2,1-3H3,(H,26,27);1,3-13H,14H2;2-11H,1H3,(H,23,25). The maximum Gasteiger partial charge on any atom is 0.341 e. The van der Waals surface area contributed by atoms with Crippen LogP contribution in [-0.4, -0.2) is 132 Å². The number of Topliss-reactive ketones (excluding diaryl/α,β-unsaturated/α-hetero) is 2. The summed E-state index contributed by atoms with van der Waals surface area (Å²) >= 11 is 9.27. The number of aliphatic carboxylic acids is 1. The summed E-state index contributed by atoms with van der Waals surface area (Å²) in [6.45, 7) is 9.43. The van der Waals surface area contributed by atoms with E-state index in [4.69, 9.17) is 55.0 Å². The Morgan fingerprint density at radius 3 is 1.51 bits per heavy atom. The number of carbonyl (C=O) groups is 5. The van der Waals surface area contributed by atoms with Crippen LogP contribution >= 0.6 is 34.7 Å². The summed E-state index contributed by atoms with van der Waals surface area (Å²) in [5.74, 6) is 2.17. The molecule has 0 bridgehead atoms. The molecule has 3 N–H and O–H groups in total. The molecule has 9 aromatic heterocycles. The predicted octanol–water partition coefficient (Wildman–Crippen LogP) is 24.3. The minimum atomic E-state index is -2.86. The Balaban J connectivity index is 0.000000122. The first-order valence-corrected chi connectivity index (χ1v) is 47.4. The van der Waals surface area contributed by atoms with E-state index in [1.54, 1.807) is 133 Å². The predicted molar refractivity (Wildman–Crippen MR) is 546 cm³/mol. The Labute approximate surface area is 827 Å². The number of fused-ring (bicyclic) bond motifs is 4. The average Bonchev–Trinajstić information content (AvgIpc) is 1.52. The van der Waals surface area contributed by atoms with Crippen molar-refractivity contribution < 1.29 is 69.7 Å². The molecular formula is C111H90ClF2N13O13S2. The molecule has 0 atom stereocenters. The van der Waals surface area contributed by atoms with Gasteiger partial charge in [0.15, 0.2) is 63.1 Å². The van der Waals surface area contributed by atoms with Crippen molar-refractivity contribution >= 4 is 132 Å². The number of carboxylic acid groups (broad SMARTS) is 1. The molecule has 10 aromatic carbocycles. The van der Waals surface area contributed by atoms with Crippen molar-refractivity contribution in [1.29, 1.82) is 0 Å². The van der Waals surface area contributed by atoms with Crippen LogP contribution in [0.2, 0.25) is 5.02 Å². The lowest BCUT2D eigenvalue weighted by Crippen LogP contribution is -2.37. The Kier molecular flexibility index (Phi) is 30.9. The van der Waals surface area contributed by atoms with Gasteiger partial charge < -0.3 is 57.4 Å². The van der Waals surface area contributed by atoms with Crippen LogP contribution in [-0.2, 0) is 34.0 Å². The van der Waals surface area contributed by atoms with E-state index >= 15 is 0 Å². The van der Waals surface area contributed by atoms with Crippen molar-refractivity contribution in [2.45, 2.75) is 63.0 Å². The van der Waals surface area contributed by atoms with Gasteiger partial charge in [-0.1, -0.05) is 90.3 Å². The number of ether oxygens (including phenoxy) is 3. The van der Waals surface area contributed by atoms with Crippen molar-refractivity contribution in [3.63, 3.8) is 0 Å². The smallest absolute Gasteiger partial charge is 0.341 e. The lowest BCUT2D eigenvalue weighted by molar-refractivity contribution is -0.139. The molecule has 2 saturated heterocycles. The number of thioether (sulfide) groups is 1. The quantitative estimate of drug-likeness (QED) is 0.0272. The fourth-order valence-corrected chi connectivity index (χ4v) is 18.0. The fraction of sp³-hybridized carbons (Fsp3) is 0.153. The van der Waals surface area contributed by atoms with Gasteiger partial charge in [-0.25, -0.2) is 38.5 Å². The van der Waals surface area contributed by atoms with Crippen molar-refractivity contribution in [1.82, 2.24) is 44.9 Å². The summed E-state index contributed by atoms with van der Waals surface area (Å²) in [6, 6.07) is 84.0. The number of benzene rings is 10. The summed E-state index contributed by atoms with van der Waals surface area (Å²) in [6.07, 6.45) is 15.2. The Morgan fingerprint density at radius 1 is 0.507 bits per heavy atom. The van der Waals surface area contributed by atoms with Gasteiger partial charge in [-0.05, 0) is 250 Å². The highest BCUT2D eigenvalue weighted by Gasteiger charge is 2.26. The molecule has 142 heavy (non-hydrogen) atoms. The van der Waals surface area contributed by atoms with Crippen LogP contribution in [0.3, 0.4) is 0 Å². The first-order valence-electron chi connectivity index (χ1n) is 45.2. The number of hydrogen-bond acceptors (Lipinski definition) is 25. The van der Waals surface area contributed by atoms with E-state index in [1.165, 1.54) is 37.8 Å². The highest BCUT2D eigenvalue weighted by atomic mass is 35.5. The number of hydrogen-bond donors (Lipinski definition) is 3. The van der Waals surface area contributed by atoms with Gasteiger partial charge in [-0.3, -0.25) is 19.2 Å². The second kappa shape index (κ2) is 45.3. The molecule has 2 aliphatic heterocycles. The third-order valence-corrected chi connectivity index (χ3v) is 25.5. The number of aromatic nitrogens is 9. The number of amides is 2. The Morgan fingerprint density at radius 2 is 1.01 bits per heavy atom. The number of para-hydroxylation sites is 1. The van der Waals surface area contributed by atoms with Crippen LogP contribution in [0.15, 0.2) is 326 Å². The second-order valence-electron chi connectivity index (χ2n) is 32.9. The summed E-state index contributed by atoms with van der Waals surface area (Å²) in [5, 5.41) is 15.7. The number of aryl methyl sites for hydroxylation is 2. The minimum Gasteiger partial charge on any atom is -0.495 e. The van der Waals surface area contributed by atoms with Gasteiger partial charge >= 0.3 is 5.97 Å². The number of terminal acetylenes is 1. The van der Waals surface area contributed by atoms with Crippen molar-refractivity contribution in [3.8, 4) is 80.2 Å². The van der Waals surface area contributed by atoms with E-state index in [2.05, 4.69) is 83.3 Å². The van der Waals surface area contributed by atoms with Gasteiger partial charge in [0.25, 0.3) is 17.7 Å². The number of nitrogens with zero attached hydrogens (tertiary/aromatic N) is 11. The van der Waals surface area contributed by atoms with Crippen LogP contribution in [0.5, 0.6) is 11.5 Å².